The molecule has 0 atom stereocenters. The number of hydrogen-bond donors (Lipinski definition) is 0. The molecule has 11 aromatic rings. The Labute approximate surface area is 346 Å². The molecule has 0 bridgehead atoms. The number of rotatable bonds is 8. The van der Waals surface area contributed by atoms with Gasteiger partial charge in [-0.25, -0.2) is 4.98 Å². The molecule has 0 fully saturated rings. The Balaban J connectivity index is 1.02. The van der Waals surface area contributed by atoms with Crippen molar-refractivity contribution >= 4 is 60.6 Å². The molecule has 0 aliphatic rings. The van der Waals surface area contributed by atoms with E-state index in [9.17, 15) is 0 Å². The minimum Gasteiger partial charge on any atom is -0.456 e. The van der Waals surface area contributed by atoms with Crippen molar-refractivity contribution in [2.45, 2.75) is 0 Å². The average Bonchev–Trinajstić information content (AvgIpc) is 3.91. The number of nitrogens with zero attached hydrogens (tertiary/aromatic N) is 2. The lowest BCUT2D eigenvalue weighted by molar-refractivity contribution is 0.669. The number of thiazole rings is 1. The first-order chi connectivity index (χ1) is 29.2. The summed E-state index contributed by atoms with van der Waals surface area (Å²) in [5.41, 5.74) is 16.4. The van der Waals surface area contributed by atoms with E-state index in [2.05, 4.69) is 211 Å². The molecule has 0 N–H and O–H groups in total. The van der Waals surface area contributed by atoms with Crippen LogP contribution in [-0.4, -0.2) is 4.98 Å². The minimum atomic E-state index is 0.840. The summed E-state index contributed by atoms with van der Waals surface area (Å²) in [6.07, 6.45) is 0. The highest BCUT2D eigenvalue weighted by Crippen LogP contribution is 2.46. The van der Waals surface area contributed by atoms with E-state index < -0.39 is 0 Å². The Morgan fingerprint density at radius 1 is 0.373 bits per heavy atom. The molecule has 3 nitrogen and oxygen atoms in total. The van der Waals surface area contributed by atoms with Gasteiger partial charge in [-0.05, 0) is 81.4 Å². The molecule has 9 aromatic carbocycles. The lowest BCUT2D eigenvalue weighted by Crippen LogP contribution is -2.09. The first-order valence-electron chi connectivity index (χ1n) is 19.9. The maximum atomic E-state index is 6.52. The Morgan fingerprint density at radius 3 is 1.29 bits per heavy atom. The van der Waals surface area contributed by atoms with Crippen LogP contribution in [0, 0.1) is 0 Å². The van der Waals surface area contributed by atoms with Crippen molar-refractivity contribution in [3.63, 3.8) is 0 Å². The molecule has 0 saturated carbocycles. The van der Waals surface area contributed by atoms with Crippen LogP contribution in [0.15, 0.2) is 223 Å². The van der Waals surface area contributed by atoms with E-state index in [1.54, 1.807) is 11.3 Å². The fourth-order valence-corrected chi connectivity index (χ4v) is 9.32. The predicted molar refractivity (Wildman–Crippen MR) is 249 cm³/mol. The fraction of sp³-hybridized carbons (Fsp3) is 0. The lowest BCUT2D eigenvalue weighted by Gasteiger charge is -2.26. The summed E-state index contributed by atoms with van der Waals surface area (Å²) in [4.78, 5) is 7.56. The topological polar surface area (TPSA) is 29.3 Å². The van der Waals surface area contributed by atoms with Crippen molar-refractivity contribution in [3.8, 4) is 55.1 Å². The van der Waals surface area contributed by atoms with Crippen LogP contribution < -0.4 is 4.90 Å². The zero-order valence-corrected chi connectivity index (χ0v) is 32.8. The van der Waals surface area contributed by atoms with Gasteiger partial charge in [-0.1, -0.05) is 170 Å². The Kier molecular flexibility index (Phi) is 8.68. The van der Waals surface area contributed by atoms with Gasteiger partial charge in [0.1, 0.15) is 16.2 Å². The van der Waals surface area contributed by atoms with Gasteiger partial charge < -0.3 is 9.32 Å². The molecule has 11 rings (SSSR count). The number of para-hydroxylation sites is 1. The van der Waals surface area contributed by atoms with E-state index in [-0.39, 0.29) is 0 Å². The fourth-order valence-electron chi connectivity index (χ4n) is 8.20. The zero-order valence-electron chi connectivity index (χ0n) is 32.0. The molecule has 0 saturated heterocycles. The standard InChI is InChI=1S/C55H36N2OS/c1-4-12-37(13-5-1)40-20-22-44(23-21-40)55-56-49-36-51-53(48-18-10-11-19-50(48)58-51)52(54(49)59-55)43-28-34-47(35-29-43)57(45-30-24-41(25-31-45)38-14-6-2-7-15-38)46-32-26-42(27-33-46)39-16-8-3-9-17-39/h1-36H. The third-order valence-electron chi connectivity index (χ3n) is 11.1. The summed E-state index contributed by atoms with van der Waals surface area (Å²) in [7, 11) is 0. The monoisotopic (exact) mass is 772 g/mol. The van der Waals surface area contributed by atoms with Crippen molar-refractivity contribution in [3.05, 3.63) is 218 Å². The van der Waals surface area contributed by atoms with Crippen LogP contribution >= 0.6 is 11.3 Å². The molecule has 0 spiro atoms. The summed E-state index contributed by atoms with van der Waals surface area (Å²) in [5.74, 6) is 0. The second kappa shape index (κ2) is 14.8. The van der Waals surface area contributed by atoms with Crippen LogP contribution in [0.3, 0.4) is 0 Å². The second-order valence-electron chi connectivity index (χ2n) is 14.7. The third kappa shape index (κ3) is 6.46. The van der Waals surface area contributed by atoms with Crippen LogP contribution in [0.4, 0.5) is 17.1 Å². The molecule has 0 unspecified atom stereocenters. The SMILES string of the molecule is c1ccc(-c2ccc(-c3nc4cc5oc6ccccc6c5c(-c5ccc(N(c6ccc(-c7ccccc7)cc6)c6ccc(-c7ccccc7)cc6)cc5)c4s3)cc2)cc1. The van der Waals surface area contributed by atoms with Crippen LogP contribution in [0.2, 0.25) is 0 Å². The first kappa shape index (κ1) is 34.7. The Bertz CT molecular complexity index is 3130. The summed E-state index contributed by atoms with van der Waals surface area (Å²) in [6.45, 7) is 0. The normalized spacial score (nSPS) is 11.4. The summed E-state index contributed by atoms with van der Waals surface area (Å²) in [5, 5.41) is 3.20. The van der Waals surface area contributed by atoms with E-state index in [4.69, 9.17) is 9.40 Å². The Morgan fingerprint density at radius 2 is 0.780 bits per heavy atom. The number of fused-ring (bicyclic) bond motifs is 4. The largest absolute Gasteiger partial charge is 0.456 e. The van der Waals surface area contributed by atoms with Crippen molar-refractivity contribution in [1.82, 2.24) is 4.98 Å². The van der Waals surface area contributed by atoms with E-state index in [0.29, 0.717) is 0 Å². The summed E-state index contributed by atoms with van der Waals surface area (Å²) < 4.78 is 7.66. The Hall–Kier alpha value is -7.53. The quantitative estimate of drug-likeness (QED) is 0.154. The maximum absolute atomic E-state index is 6.52. The molecule has 59 heavy (non-hydrogen) atoms. The molecule has 0 aliphatic carbocycles. The van der Waals surface area contributed by atoms with Crippen LogP contribution in [0.25, 0.3) is 87.2 Å². The van der Waals surface area contributed by atoms with Gasteiger partial charge in [0, 0.05) is 45.0 Å². The first-order valence-corrected chi connectivity index (χ1v) is 20.7. The number of benzene rings is 9. The maximum Gasteiger partial charge on any atom is 0.138 e. The second-order valence-corrected chi connectivity index (χ2v) is 15.7. The highest BCUT2D eigenvalue weighted by atomic mass is 32.1. The van der Waals surface area contributed by atoms with E-state index >= 15 is 0 Å². The van der Waals surface area contributed by atoms with Gasteiger partial charge in [-0.3, -0.25) is 0 Å². The van der Waals surface area contributed by atoms with Gasteiger partial charge in [-0.2, -0.15) is 0 Å². The molecule has 278 valence electrons. The van der Waals surface area contributed by atoms with Crippen molar-refractivity contribution < 1.29 is 4.42 Å². The van der Waals surface area contributed by atoms with E-state index in [1.165, 1.54) is 33.4 Å². The van der Waals surface area contributed by atoms with Gasteiger partial charge >= 0.3 is 0 Å². The molecule has 4 heteroatoms. The van der Waals surface area contributed by atoms with Gasteiger partial charge in [-0.15, -0.1) is 11.3 Å². The summed E-state index contributed by atoms with van der Waals surface area (Å²) in [6, 6.07) is 77.4. The highest BCUT2D eigenvalue weighted by Gasteiger charge is 2.21. The molecular formula is C55H36N2OS. The molecule has 0 amide bonds. The van der Waals surface area contributed by atoms with Gasteiger partial charge in [0.2, 0.25) is 0 Å². The molecule has 2 heterocycles. The van der Waals surface area contributed by atoms with Crippen molar-refractivity contribution in [1.29, 1.82) is 0 Å². The van der Waals surface area contributed by atoms with Gasteiger partial charge in [0.05, 0.1) is 10.2 Å². The van der Waals surface area contributed by atoms with E-state index in [1.807, 2.05) is 12.1 Å². The molecular weight excluding hydrogens is 737 g/mol. The number of furan rings is 1. The smallest absolute Gasteiger partial charge is 0.138 e. The molecule has 2 aromatic heterocycles. The molecule has 0 radical (unpaired) electrons. The van der Waals surface area contributed by atoms with E-state index in [0.717, 1.165) is 70.9 Å². The van der Waals surface area contributed by atoms with Gasteiger partial charge in [0.15, 0.2) is 0 Å². The number of aromatic nitrogens is 1. The number of anilines is 3. The van der Waals surface area contributed by atoms with Crippen molar-refractivity contribution in [2.75, 3.05) is 4.90 Å². The third-order valence-corrected chi connectivity index (χ3v) is 12.3. The van der Waals surface area contributed by atoms with Crippen LogP contribution in [0.5, 0.6) is 0 Å². The average molecular weight is 773 g/mol. The van der Waals surface area contributed by atoms with Crippen LogP contribution in [0.1, 0.15) is 0 Å². The number of hydrogen-bond acceptors (Lipinski definition) is 4. The molecule has 0 aliphatic heterocycles. The summed E-state index contributed by atoms with van der Waals surface area (Å²) >= 11 is 1.74. The lowest BCUT2D eigenvalue weighted by atomic mass is 9.98. The van der Waals surface area contributed by atoms with Crippen LogP contribution in [-0.2, 0) is 0 Å². The highest BCUT2D eigenvalue weighted by molar-refractivity contribution is 7.22. The van der Waals surface area contributed by atoms with Gasteiger partial charge in [0.25, 0.3) is 0 Å². The van der Waals surface area contributed by atoms with Crippen molar-refractivity contribution in [2.24, 2.45) is 0 Å². The zero-order chi connectivity index (χ0) is 39.1. The predicted octanol–water partition coefficient (Wildman–Crippen LogP) is 16.0. The minimum absolute atomic E-state index is 0.840.